The van der Waals surface area contributed by atoms with Crippen molar-refractivity contribution in [3.05, 3.63) is 59.8 Å². The van der Waals surface area contributed by atoms with Crippen LogP contribution in [0.5, 0.6) is 11.5 Å². The number of ether oxygens (including phenoxy) is 3. The van der Waals surface area contributed by atoms with Gasteiger partial charge in [-0.15, -0.1) is 0 Å². The van der Waals surface area contributed by atoms with Crippen molar-refractivity contribution in [2.24, 2.45) is 0 Å². The summed E-state index contributed by atoms with van der Waals surface area (Å²) in [6.45, 7) is 2.33. The van der Waals surface area contributed by atoms with Gasteiger partial charge in [-0.3, -0.25) is 4.79 Å². The van der Waals surface area contributed by atoms with Crippen LogP contribution in [0, 0.1) is 11.3 Å². The lowest BCUT2D eigenvalue weighted by Crippen LogP contribution is -2.15. The predicted octanol–water partition coefficient (Wildman–Crippen LogP) is 4.12. The van der Waals surface area contributed by atoms with Crippen LogP contribution in [0.25, 0.3) is 0 Å². The zero-order valence-corrected chi connectivity index (χ0v) is 17.7. The summed E-state index contributed by atoms with van der Waals surface area (Å²) in [6.07, 6.45) is 2.93. The Bertz CT molecular complexity index is 995. The molecule has 2 aromatic rings. The predicted molar refractivity (Wildman–Crippen MR) is 117 cm³/mol. The normalized spacial score (nSPS) is 10.6. The van der Waals surface area contributed by atoms with Gasteiger partial charge in [0.15, 0.2) is 11.5 Å². The Hall–Kier alpha value is -3.99. The van der Waals surface area contributed by atoms with Crippen LogP contribution in [0.2, 0.25) is 0 Å². The first-order valence-corrected chi connectivity index (χ1v) is 9.70. The first-order valence-electron chi connectivity index (χ1n) is 9.70. The van der Waals surface area contributed by atoms with Crippen molar-refractivity contribution in [3.63, 3.8) is 0 Å². The number of rotatable bonds is 10. The topological polar surface area (TPSA) is 110 Å². The minimum Gasteiger partial charge on any atom is -0.493 e. The Morgan fingerprint density at radius 1 is 1.10 bits per heavy atom. The van der Waals surface area contributed by atoms with E-state index in [4.69, 9.17) is 14.2 Å². The van der Waals surface area contributed by atoms with Crippen molar-refractivity contribution < 1.29 is 23.8 Å². The number of nitrogens with one attached hydrogen (secondary N) is 2. The number of carbonyl (C=O) groups is 2. The summed E-state index contributed by atoms with van der Waals surface area (Å²) in [6, 6.07) is 13.4. The van der Waals surface area contributed by atoms with Gasteiger partial charge in [0.2, 0.25) is 0 Å². The van der Waals surface area contributed by atoms with E-state index in [-0.39, 0.29) is 5.57 Å². The molecule has 0 aliphatic carbocycles. The molecule has 0 radical (unpaired) electrons. The molecule has 1 amide bonds. The third-order valence-electron chi connectivity index (χ3n) is 4.26. The average Bonchev–Trinajstić information content (AvgIpc) is 2.79. The highest BCUT2D eigenvalue weighted by Crippen LogP contribution is 2.29. The van der Waals surface area contributed by atoms with Crippen molar-refractivity contribution in [3.8, 4) is 17.6 Å². The Balaban J connectivity index is 2.13. The summed E-state index contributed by atoms with van der Waals surface area (Å²) in [5, 5.41) is 14.9. The second-order valence-electron chi connectivity index (χ2n) is 6.37. The number of unbranched alkanes of at least 4 members (excludes halogenated alkanes) is 1. The van der Waals surface area contributed by atoms with Crippen LogP contribution in [0.4, 0.5) is 11.4 Å². The van der Waals surface area contributed by atoms with Crippen LogP contribution in [0.15, 0.2) is 54.2 Å². The molecule has 2 N–H and O–H groups in total. The summed E-state index contributed by atoms with van der Waals surface area (Å²) in [7, 11) is 2.99. The van der Waals surface area contributed by atoms with Gasteiger partial charge in [0.1, 0.15) is 11.6 Å². The Morgan fingerprint density at radius 3 is 2.52 bits per heavy atom. The van der Waals surface area contributed by atoms with Gasteiger partial charge < -0.3 is 24.8 Å². The second kappa shape index (κ2) is 11.9. The molecule has 0 atom stereocenters. The van der Waals surface area contributed by atoms with Gasteiger partial charge in [0.05, 0.1) is 32.1 Å². The highest BCUT2D eigenvalue weighted by Gasteiger charge is 2.14. The number of carbonyl (C=O) groups excluding carboxylic acids is 2. The molecule has 0 spiro atoms. The molecule has 162 valence electrons. The SMILES string of the molecule is CCCCOC(=O)c1ccccc1N/C=C(/C#N)C(=O)Nc1ccc(OC)c(OC)c1. The van der Waals surface area contributed by atoms with E-state index in [1.165, 1.54) is 20.4 Å². The molecule has 0 fully saturated rings. The van der Waals surface area contributed by atoms with Gasteiger partial charge in [0.25, 0.3) is 5.91 Å². The Morgan fingerprint density at radius 2 is 1.84 bits per heavy atom. The molecular formula is C23H25N3O5. The van der Waals surface area contributed by atoms with E-state index >= 15 is 0 Å². The van der Waals surface area contributed by atoms with E-state index in [1.807, 2.05) is 13.0 Å². The lowest BCUT2D eigenvalue weighted by Gasteiger charge is -2.11. The third kappa shape index (κ3) is 6.51. The van der Waals surface area contributed by atoms with E-state index in [2.05, 4.69) is 10.6 Å². The number of nitrogens with zero attached hydrogens (tertiary/aromatic N) is 1. The number of nitriles is 1. The highest BCUT2D eigenvalue weighted by molar-refractivity contribution is 6.07. The van der Waals surface area contributed by atoms with Crippen molar-refractivity contribution in [1.29, 1.82) is 5.26 Å². The monoisotopic (exact) mass is 423 g/mol. The van der Waals surface area contributed by atoms with Crippen molar-refractivity contribution in [2.75, 3.05) is 31.5 Å². The summed E-state index contributed by atoms with van der Waals surface area (Å²) < 4.78 is 15.6. The fraction of sp³-hybridized carbons (Fsp3) is 0.261. The number of hydrogen-bond acceptors (Lipinski definition) is 7. The third-order valence-corrected chi connectivity index (χ3v) is 4.26. The lowest BCUT2D eigenvalue weighted by atomic mass is 10.1. The Labute approximate surface area is 181 Å². The van der Waals surface area contributed by atoms with Gasteiger partial charge >= 0.3 is 5.97 Å². The van der Waals surface area contributed by atoms with Gasteiger partial charge in [-0.25, -0.2) is 4.79 Å². The van der Waals surface area contributed by atoms with Crippen LogP contribution in [0.1, 0.15) is 30.1 Å². The second-order valence-corrected chi connectivity index (χ2v) is 6.37. The largest absolute Gasteiger partial charge is 0.493 e. The van der Waals surface area contributed by atoms with Crippen molar-refractivity contribution in [2.45, 2.75) is 19.8 Å². The number of benzene rings is 2. The van der Waals surface area contributed by atoms with Crippen LogP contribution in [-0.2, 0) is 9.53 Å². The average molecular weight is 423 g/mol. The number of methoxy groups -OCH3 is 2. The smallest absolute Gasteiger partial charge is 0.340 e. The molecule has 31 heavy (non-hydrogen) atoms. The van der Waals surface area contributed by atoms with E-state index in [1.54, 1.807) is 42.5 Å². The van der Waals surface area contributed by atoms with Crippen LogP contribution in [-0.4, -0.2) is 32.7 Å². The quantitative estimate of drug-likeness (QED) is 0.256. The molecule has 0 saturated carbocycles. The standard InChI is InChI=1S/C23H25N3O5/c1-4-5-12-31-23(28)18-8-6-7-9-19(18)25-15-16(14-24)22(27)26-17-10-11-20(29-2)21(13-17)30-3/h6-11,13,15,25H,4-5,12H2,1-3H3,(H,26,27)/b16-15-. The maximum Gasteiger partial charge on any atom is 0.340 e. The van der Waals surface area contributed by atoms with Crippen molar-refractivity contribution in [1.82, 2.24) is 0 Å². The molecule has 0 aliphatic heterocycles. The summed E-state index contributed by atoms with van der Waals surface area (Å²) in [5.41, 5.74) is 0.996. The van der Waals surface area contributed by atoms with Gasteiger partial charge in [-0.05, 0) is 30.7 Å². The van der Waals surface area contributed by atoms with E-state index in [0.29, 0.717) is 35.0 Å². The number of esters is 1. The molecule has 8 nitrogen and oxygen atoms in total. The number of para-hydroxylation sites is 1. The van der Waals surface area contributed by atoms with Gasteiger partial charge in [-0.1, -0.05) is 25.5 Å². The van der Waals surface area contributed by atoms with Crippen LogP contribution >= 0.6 is 0 Å². The molecule has 2 rings (SSSR count). The lowest BCUT2D eigenvalue weighted by molar-refractivity contribution is -0.112. The first-order chi connectivity index (χ1) is 15.0. The molecule has 0 aromatic heterocycles. The van der Waals surface area contributed by atoms with Crippen molar-refractivity contribution >= 4 is 23.3 Å². The molecular weight excluding hydrogens is 398 g/mol. The summed E-state index contributed by atoms with van der Waals surface area (Å²) in [5.74, 6) is -0.138. The first kappa shape index (κ1) is 23.3. The van der Waals surface area contributed by atoms with E-state index in [9.17, 15) is 14.9 Å². The fourth-order valence-electron chi connectivity index (χ4n) is 2.58. The van der Waals surface area contributed by atoms with E-state index < -0.39 is 11.9 Å². The number of amides is 1. The molecule has 0 unspecified atom stereocenters. The minimum absolute atomic E-state index is 0.177. The summed E-state index contributed by atoms with van der Waals surface area (Å²) >= 11 is 0. The van der Waals surface area contributed by atoms with Gasteiger partial charge in [0, 0.05) is 18.0 Å². The maximum absolute atomic E-state index is 12.5. The fourth-order valence-corrected chi connectivity index (χ4v) is 2.58. The Kier molecular flexibility index (Phi) is 8.92. The van der Waals surface area contributed by atoms with E-state index in [0.717, 1.165) is 12.8 Å². The molecule has 2 aromatic carbocycles. The van der Waals surface area contributed by atoms with Gasteiger partial charge in [-0.2, -0.15) is 5.26 Å². The maximum atomic E-state index is 12.5. The number of hydrogen-bond donors (Lipinski definition) is 2. The molecule has 8 heteroatoms. The van der Waals surface area contributed by atoms with Crippen LogP contribution in [0.3, 0.4) is 0 Å². The molecule has 0 heterocycles. The molecule has 0 saturated heterocycles. The summed E-state index contributed by atoms with van der Waals surface area (Å²) in [4.78, 5) is 24.8. The minimum atomic E-state index is -0.620. The zero-order chi connectivity index (χ0) is 22.6. The molecule has 0 aliphatic rings. The van der Waals surface area contributed by atoms with Crippen LogP contribution < -0.4 is 20.1 Å². The number of anilines is 2. The highest BCUT2D eigenvalue weighted by atomic mass is 16.5. The zero-order valence-electron chi connectivity index (χ0n) is 17.7. The molecule has 0 bridgehead atoms.